The molecule has 0 aliphatic heterocycles. The van der Waals surface area contributed by atoms with Crippen molar-refractivity contribution in [1.29, 1.82) is 0 Å². The Morgan fingerprint density at radius 1 is 0.521 bits per heavy atom. The Kier molecular flexibility index (Phi) is 7.73. The second-order valence-electron chi connectivity index (χ2n) is 11.7. The maximum absolute atomic E-state index is 6.18. The summed E-state index contributed by atoms with van der Waals surface area (Å²) in [6.45, 7) is 3.72. The predicted molar refractivity (Wildman–Crippen MR) is 199 cm³/mol. The lowest BCUT2D eigenvalue weighted by Crippen LogP contribution is -2.00. The monoisotopic (exact) mass is 617 g/mol. The van der Waals surface area contributed by atoms with Gasteiger partial charge in [-0.05, 0) is 64.2 Å². The number of hydrogen-bond donors (Lipinski definition) is 0. The van der Waals surface area contributed by atoms with Crippen molar-refractivity contribution in [3.63, 3.8) is 0 Å². The molecule has 2 aromatic heterocycles. The molecule has 8 rings (SSSR count). The molecule has 0 aliphatic carbocycles. The van der Waals surface area contributed by atoms with E-state index in [0.717, 1.165) is 66.9 Å². The second-order valence-corrected chi connectivity index (χ2v) is 11.7. The molecule has 0 aliphatic rings. The van der Waals surface area contributed by atoms with Gasteiger partial charge in [0, 0.05) is 27.5 Å². The Hall–Kier alpha value is -6.39. The van der Waals surface area contributed by atoms with Crippen LogP contribution >= 0.6 is 0 Å². The lowest BCUT2D eigenvalue weighted by molar-refractivity contribution is 0.669. The lowest BCUT2D eigenvalue weighted by atomic mass is 9.96. The summed E-state index contributed by atoms with van der Waals surface area (Å²) in [4.78, 5) is 15.0. The number of para-hydroxylation sites is 1. The van der Waals surface area contributed by atoms with Gasteiger partial charge in [-0.1, -0.05) is 140 Å². The van der Waals surface area contributed by atoms with E-state index in [2.05, 4.69) is 97.6 Å². The summed E-state index contributed by atoms with van der Waals surface area (Å²) in [6.07, 6.45) is 10.6. The zero-order valence-electron chi connectivity index (χ0n) is 26.3. The van der Waals surface area contributed by atoms with Gasteiger partial charge in [-0.25, -0.2) is 15.0 Å². The zero-order chi connectivity index (χ0) is 32.3. The maximum atomic E-state index is 6.18. The first-order valence-corrected chi connectivity index (χ1v) is 16.0. The van der Waals surface area contributed by atoms with E-state index in [-0.39, 0.29) is 0 Å². The maximum Gasteiger partial charge on any atom is 0.164 e. The topological polar surface area (TPSA) is 51.8 Å². The highest BCUT2D eigenvalue weighted by Crippen LogP contribution is 2.38. The summed E-state index contributed by atoms with van der Waals surface area (Å²) in [5.41, 5.74) is 8.06. The molecule has 0 saturated heterocycles. The molecule has 4 nitrogen and oxygen atoms in total. The SMILES string of the molecule is C=C/C=C\C=C/Cc1cccc(-c2nc(-c3ccccc3)nc(-c3ccc4ccc(-c5cccc6oc7ccccc7c56)cc4c3)n2)c1. The summed E-state index contributed by atoms with van der Waals surface area (Å²) in [5.74, 6) is 1.92. The molecule has 48 heavy (non-hydrogen) atoms. The van der Waals surface area contributed by atoms with Gasteiger partial charge in [0.25, 0.3) is 0 Å². The Bertz CT molecular complexity index is 2510. The third-order valence-electron chi connectivity index (χ3n) is 8.51. The fourth-order valence-corrected chi connectivity index (χ4v) is 6.18. The van der Waals surface area contributed by atoms with E-state index in [1.54, 1.807) is 6.08 Å². The second kappa shape index (κ2) is 12.8. The van der Waals surface area contributed by atoms with Crippen molar-refractivity contribution in [1.82, 2.24) is 15.0 Å². The summed E-state index contributed by atoms with van der Waals surface area (Å²) in [7, 11) is 0. The van der Waals surface area contributed by atoms with Crippen LogP contribution < -0.4 is 0 Å². The molecular formula is C44H31N3O. The van der Waals surface area contributed by atoms with Crippen LogP contribution in [0.15, 0.2) is 175 Å². The van der Waals surface area contributed by atoms with E-state index >= 15 is 0 Å². The first-order chi connectivity index (χ1) is 23.7. The number of rotatable bonds is 8. The average molecular weight is 618 g/mol. The minimum Gasteiger partial charge on any atom is -0.456 e. The smallest absolute Gasteiger partial charge is 0.164 e. The van der Waals surface area contributed by atoms with Crippen LogP contribution in [-0.4, -0.2) is 15.0 Å². The largest absolute Gasteiger partial charge is 0.456 e. The van der Waals surface area contributed by atoms with Crippen LogP contribution in [0.1, 0.15) is 5.56 Å². The number of nitrogens with zero attached hydrogens (tertiary/aromatic N) is 3. The summed E-state index contributed by atoms with van der Waals surface area (Å²) < 4.78 is 6.18. The van der Waals surface area contributed by atoms with E-state index < -0.39 is 0 Å². The lowest BCUT2D eigenvalue weighted by Gasteiger charge is -2.10. The molecule has 0 spiro atoms. The van der Waals surface area contributed by atoms with E-state index in [1.807, 2.05) is 66.8 Å². The van der Waals surface area contributed by atoms with Crippen LogP contribution in [0, 0.1) is 0 Å². The predicted octanol–water partition coefficient (Wildman–Crippen LogP) is 11.4. The molecular weight excluding hydrogens is 587 g/mol. The van der Waals surface area contributed by atoms with Crippen molar-refractivity contribution in [3.8, 4) is 45.3 Å². The number of furan rings is 1. The summed E-state index contributed by atoms with van der Waals surface area (Å²) in [5, 5.41) is 4.50. The van der Waals surface area contributed by atoms with Gasteiger partial charge in [0.15, 0.2) is 17.5 Å². The fraction of sp³-hybridized carbons (Fsp3) is 0.0227. The van der Waals surface area contributed by atoms with Crippen molar-refractivity contribution < 1.29 is 4.42 Å². The molecule has 0 fully saturated rings. The highest BCUT2D eigenvalue weighted by molar-refractivity contribution is 6.12. The molecule has 0 radical (unpaired) electrons. The van der Waals surface area contributed by atoms with Gasteiger partial charge in [0.05, 0.1) is 0 Å². The number of allylic oxidation sites excluding steroid dienone is 5. The molecule has 8 aromatic rings. The quantitative estimate of drug-likeness (QED) is 0.159. The third kappa shape index (κ3) is 5.72. The molecule has 0 amide bonds. The van der Waals surface area contributed by atoms with Crippen LogP contribution in [0.25, 0.3) is 78.0 Å². The first-order valence-electron chi connectivity index (χ1n) is 16.0. The van der Waals surface area contributed by atoms with Crippen molar-refractivity contribution in [2.24, 2.45) is 0 Å². The number of benzene rings is 6. The third-order valence-corrected chi connectivity index (χ3v) is 8.51. The molecule has 4 heteroatoms. The van der Waals surface area contributed by atoms with Crippen LogP contribution in [0.5, 0.6) is 0 Å². The van der Waals surface area contributed by atoms with Gasteiger partial charge in [0.2, 0.25) is 0 Å². The Labute approximate surface area is 279 Å². The Morgan fingerprint density at radius 2 is 1.19 bits per heavy atom. The van der Waals surface area contributed by atoms with E-state index in [4.69, 9.17) is 19.4 Å². The standard InChI is InChI=1S/C44H31N3O/c1-2-3-4-5-7-14-30-15-12-18-34(27-30)43-45-42(32-16-8-6-9-17-32)46-44(47-43)35-26-24-31-23-25-33(28-36(31)29-35)37-20-13-22-40-41(37)38-19-10-11-21-39(38)48-40/h2-13,15-29H,1,14H2/b4-3-,7-5-. The van der Waals surface area contributed by atoms with Crippen LogP contribution in [0.4, 0.5) is 0 Å². The van der Waals surface area contributed by atoms with Gasteiger partial charge >= 0.3 is 0 Å². The molecule has 6 aromatic carbocycles. The fourth-order valence-electron chi connectivity index (χ4n) is 6.18. The minimum absolute atomic E-state index is 0.633. The number of fused-ring (bicyclic) bond motifs is 4. The molecule has 0 atom stereocenters. The van der Waals surface area contributed by atoms with Gasteiger partial charge in [0.1, 0.15) is 11.2 Å². The number of hydrogen-bond acceptors (Lipinski definition) is 4. The van der Waals surface area contributed by atoms with Crippen molar-refractivity contribution in [3.05, 3.63) is 176 Å². The first kappa shape index (κ1) is 29.0. The number of aromatic nitrogens is 3. The van der Waals surface area contributed by atoms with Crippen LogP contribution in [-0.2, 0) is 6.42 Å². The summed E-state index contributed by atoms with van der Waals surface area (Å²) in [6, 6.07) is 46.0. The highest BCUT2D eigenvalue weighted by atomic mass is 16.3. The van der Waals surface area contributed by atoms with E-state index in [9.17, 15) is 0 Å². The van der Waals surface area contributed by atoms with Crippen molar-refractivity contribution in [2.45, 2.75) is 6.42 Å². The Morgan fingerprint density at radius 3 is 2.02 bits per heavy atom. The molecule has 0 bridgehead atoms. The van der Waals surface area contributed by atoms with Gasteiger partial charge in [-0.2, -0.15) is 0 Å². The highest BCUT2D eigenvalue weighted by Gasteiger charge is 2.15. The van der Waals surface area contributed by atoms with Crippen LogP contribution in [0.3, 0.4) is 0 Å². The minimum atomic E-state index is 0.633. The molecule has 0 unspecified atom stereocenters. The van der Waals surface area contributed by atoms with E-state index in [1.165, 1.54) is 5.56 Å². The Balaban J connectivity index is 1.22. The average Bonchev–Trinajstić information content (AvgIpc) is 3.54. The normalized spacial score (nSPS) is 11.8. The van der Waals surface area contributed by atoms with Gasteiger partial charge in [-0.15, -0.1) is 0 Å². The van der Waals surface area contributed by atoms with Gasteiger partial charge in [-0.3, -0.25) is 0 Å². The zero-order valence-corrected chi connectivity index (χ0v) is 26.3. The molecule has 0 saturated carbocycles. The molecule has 0 N–H and O–H groups in total. The van der Waals surface area contributed by atoms with Crippen LogP contribution in [0.2, 0.25) is 0 Å². The molecule has 228 valence electrons. The van der Waals surface area contributed by atoms with Crippen molar-refractivity contribution in [2.75, 3.05) is 0 Å². The van der Waals surface area contributed by atoms with E-state index in [0.29, 0.717) is 17.5 Å². The van der Waals surface area contributed by atoms with Crippen molar-refractivity contribution >= 4 is 32.7 Å². The molecule has 2 heterocycles. The van der Waals surface area contributed by atoms with Gasteiger partial charge < -0.3 is 4.42 Å². The summed E-state index contributed by atoms with van der Waals surface area (Å²) >= 11 is 0.